The summed E-state index contributed by atoms with van der Waals surface area (Å²) in [5, 5.41) is 6.13. The average molecular weight is 316 g/mol. The van der Waals surface area contributed by atoms with Crippen molar-refractivity contribution >= 4 is 29.0 Å². The van der Waals surface area contributed by atoms with E-state index in [0.29, 0.717) is 11.4 Å². The van der Waals surface area contributed by atoms with E-state index in [4.69, 9.17) is 4.74 Å². The second-order valence-corrected chi connectivity index (χ2v) is 5.60. The zero-order chi connectivity index (χ0) is 15.9. The van der Waals surface area contributed by atoms with Gasteiger partial charge in [0.05, 0.1) is 12.8 Å². The van der Waals surface area contributed by atoms with Crippen molar-refractivity contribution in [2.75, 3.05) is 24.0 Å². The molecule has 0 aromatic heterocycles. The van der Waals surface area contributed by atoms with E-state index in [9.17, 15) is 4.79 Å². The molecule has 2 rings (SSSR count). The van der Waals surface area contributed by atoms with Crippen LogP contribution in [-0.2, 0) is 4.79 Å². The van der Waals surface area contributed by atoms with Gasteiger partial charge in [-0.1, -0.05) is 24.3 Å². The minimum atomic E-state index is -0.363. The number of thioether (sulfide) groups is 1. The van der Waals surface area contributed by atoms with E-state index >= 15 is 0 Å². The lowest BCUT2D eigenvalue weighted by atomic mass is 10.2. The highest BCUT2D eigenvalue weighted by Crippen LogP contribution is 2.26. The maximum Gasteiger partial charge on any atom is 0.246 e. The van der Waals surface area contributed by atoms with Gasteiger partial charge in [0.1, 0.15) is 11.8 Å². The molecule has 116 valence electrons. The highest BCUT2D eigenvalue weighted by Gasteiger charge is 2.15. The lowest BCUT2D eigenvalue weighted by Crippen LogP contribution is -2.32. The number of carbonyl (C=O) groups excluding carboxylic acids is 1. The number of benzene rings is 2. The standard InChI is InChI=1S/C17H20N2O2S/c1-12(18-14-9-5-7-11-16(14)22-3)17(20)19-13-8-4-6-10-15(13)21-2/h4-12,18H,1-3H3,(H,19,20). The molecule has 1 unspecified atom stereocenters. The number of ether oxygens (including phenoxy) is 1. The van der Waals surface area contributed by atoms with Crippen LogP contribution in [0.15, 0.2) is 53.4 Å². The zero-order valence-corrected chi connectivity index (χ0v) is 13.7. The molecule has 2 aromatic carbocycles. The average Bonchev–Trinajstić information content (AvgIpc) is 2.55. The fourth-order valence-electron chi connectivity index (χ4n) is 2.05. The van der Waals surface area contributed by atoms with Crippen molar-refractivity contribution in [1.82, 2.24) is 0 Å². The fourth-order valence-corrected chi connectivity index (χ4v) is 2.61. The number of carbonyl (C=O) groups is 1. The summed E-state index contributed by atoms with van der Waals surface area (Å²) in [5.41, 5.74) is 1.62. The first kappa shape index (κ1) is 16.2. The molecule has 0 saturated heterocycles. The highest BCUT2D eigenvalue weighted by atomic mass is 32.2. The van der Waals surface area contributed by atoms with E-state index < -0.39 is 0 Å². The molecule has 0 aliphatic heterocycles. The van der Waals surface area contributed by atoms with Gasteiger partial charge < -0.3 is 15.4 Å². The van der Waals surface area contributed by atoms with Crippen LogP contribution in [0.5, 0.6) is 5.75 Å². The van der Waals surface area contributed by atoms with Crippen LogP contribution in [0.3, 0.4) is 0 Å². The number of rotatable bonds is 6. The highest BCUT2D eigenvalue weighted by molar-refractivity contribution is 7.98. The van der Waals surface area contributed by atoms with E-state index in [1.165, 1.54) is 0 Å². The van der Waals surface area contributed by atoms with Crippen molar-refractivity contribution in [2.24, 2.45) is 0 Å². The van der Waals surface area contributed by atoms with Gasteiger partial charge in [0, 0.05) is 10.6 Å². The predicted octanol–water partition coefficient (Wildman–Crippen LogP) is 3.86. The minimum absolute atomic E-state index is 0.111. The molecule has 0 heterocycles. The van der Waals surface area contributed by atoms with Gasteiger partial charge >= 0.3 is 0 Å². The number of hydrogen-bond donors (Lipinski definition) is 2. The lowest BCUT2D eigenvalue weighted by molar-refractivity contribution is -0.116. The normalized spacial score (nSPS) is 11.6. The van der Waals surface area contributed by atoms with Gasteiger partial charge in [-0.2, -0.15) is 0 Å². The van der Waals surface area contributed by atoms with E-state index in [1.807, 2.05) is 61.7 Å². The summed E-state index contributed by atoms with van der Waals surface area (Å²) in [6.07, 6.45) is 2.01. The molecular formula is C17H20N2O2S. The van der Waals surface area contributed by atoms with Crippen LogP contribution in [0.1, 0.15) is 6.92 Å². The molecule has 2 aromatic rings. The molecule has 0 aliphatic rings. The van der Waals surface area contributed by atoms with Crippen LogP contribution in [0.2, 0.25) is 0 Å². The molecule has 0 aliphatic carbocycles. The Balaban J connectivity index is 2.06. The molecule has 0 saturated carbocycles. The van der Waals surface area contributed by atoms with E-state index in [1.54, 1.807) is 18.9 Å². The smallest absolute Gasteiger partial charge is 0.246 e. The van der Waals surface area contributed by atoms with E-state index in [-0.39, 0.29) is 11.9 Å². The molecule has 1 atom stereocenters. The van der Waals surface area contributed by atoms with Crippen molar-refractivity contribution in [1.29, 1.82) is 0 Å². The summed E-state index contributed by atoms with van der Waals surface area (Å²) in [6, 6.07) is 14.9. The Morgan fingerprint density at radius 1 is 1.09 bits per heavy atom. The van der Waals surface area contributed by atoms with Gasteiger partial charge in [-0.05, 0) is 37.4 Å². The SMILES string of the molecule is COc1ccccc1NC(=O)C(C)Nc1ccccc1SC. The van der Waals surface area contributed by atoms with Crippen LogP contribution in [0.25, 0.3) is 0 Å². The van der Waals surface area contributed by atoms with Gasteiger partial charge in [-0.15, -0.1) is 11.8 Å². The second kappa shape index (κ2) is 7.75. The van der Waals surface area contributed by atoms with Crippen LogP contribution in [0, 0.1) is 0 Å². The monoisotopic (exact) mass is 316 g/mol. The predicted molar refractivity (Wildman–Crippen MR) is 92.9 cm³/mol. The van der Waals surface area contributed by atoms with Gasteiger partial charge in [0.15, 0.2) is 0 Å². The Morgan fingerprint density at radius 2 is 1.73 bits per heavy atom. The summed E-state index contributed by atoms with van der Waals surface area (Å²) < 4.78 is 5.24. The van der Waals surface area contributed by atoms with E-state index in [2.05, 4.69) is 10.6 Å². The molecule has 0 radical (unpaired) electrons. The number of amides is 1. The first-order chi connectivity index (χ1) is 10.7. The minimum Gasteiger partial charge on any atom is -0.495 e. The molecule has 2 N–H and O–H groups in total. The molecule has 0 bridgehead atoms. The first-order valence-corrected chi connectivity index (χ1v) is 8.21. The van der Waals surface area contributed by atoms with E-state index in [0.717, 1.165) is 10.6 Å². The van der Waals surface area contributed by atoms with Gasteiger partial charge in [-0.25, -0.2) is 0 Å². The van der Waals surface area contributed by atoms with Crippen LogP contribution in [0.4, 0.5) is 11.4 Å². The Labute approximate surface area is 135 Å². The third-order valence-electron chi connectivity index (χ3n) is 3.24. The van der Waals surface area contributed by atoms with Crippen molar-refractivity contribution in [3.8, 4) is 5.75 Å². The second-order valence-electron chi connectivity index (χ2n) is 4.76. The van der Waals surface area contributed by atoms with Crippen molar-refractivity contribution in [3.05, 3.63) is 48.5 Å². The van der Waals surface area contributed by atoms with Crippen molar-refractivity contribution in [2.45, 2.75) is 17.9 Å². The summed E-state index contributed by atoms with van der Waals surface area (Å²) >= 11 is 1.64. The number of para-hydroxylation sites is 3. The number of anilines is 2. The largest absolute Gasteiger partial charge is 0.495 e. The van der Waals surface area contributed by atoms with Gasteiger partial charge in [0.25, 0.3) is 0 Å². The first-order valence-electron chi connectivity index (χ1n) is 6.99. The molecule has 0 fully saturated rings. The molecule has 1 amide bonds. The quantitative estimate of drug-likeness (QED) is 0.795. The summed E-state index contributed by atoms with van der Waals surface area (Å²) in [7, 11) is 1.58. The Kier molecular flexibility index (Phi) is 5.72. The Hall–Kier alpha value is -2.14. The summed E-state index contributed by atoms with van der Waals surface area (Å²) in [4.78, 5) is 13.5. The van der Waals surface area contributed by atoms with Gasteiger partial charge in [-0.3, -0.25) is 4.79 Å². The zero-order valence-electron chi connectivity index (χ0n) is 12.9. The lowest BCUT2D eigenvalue weighted by Gasteiger charge is -2.18. The fraction of sp³-hybridized carbons (Fsp3) is 0.235. The maximum absolute atomic E-state index is 12.3. The van der Waals surface area contributed by atoms with Crippen LogP contribution in [-0.4, -0.2) is 25.3 Å². The van der Waals surface area contributed by atoms with Crippen LogP contribution < -0.4 is 15.4 Å². The summed E-state index contributed by atoms with van der Waals surface area (Å²) in [5.74, 6) is 0.535. The molecular weight excluding hydrogens is 296 g/mol. The maximum atomic E-state index is 12.3. The van der Waals surface area contributed by atoms with Gasteiger partial charge in [0.2, 0.25) is 5.91 Å². The number of methoxy groups -OCH3 is 1. The Bertz CT molecular complexity index is 646. The molecule has 22 heavy (non-hydrogen) atoms. The Morgan fingerprint density at radius 3 is 2.41 bits per heavy atom. The van der Waals surface area contributed by atoms with Crippen molar-refractivity contribution in [3.63, 3.8) is 0 Å². The molecule has 5 heteroatoms. The topological polar surface area (TPSA) is 50.4 Å². The number of hydrogen-bond acceptors (Lipinski definition) is 4. The number of nitrogens with one attached hydrogen (secondary N) is 2. The van der Waals surface area contributed by atoms with Crippen molar-refractivity contribution < 1.29 is 9.53 Å². The summed E-state index contributed by atoms with van der Waals surface area (Å²) in [6.45, 7) is 1.84. The molecule has 0 spiro atoms. The third-order valence-corrected chi connectivity index (χ3v) is 4.03. The third kappa shape index (κ3) is 3.95. The molecule has 4 nitrogen and oxygen atoms in total. The van der Waals surface area contributed by atoms with Crippen LogP contribution >= 0.6 is 11.8 Å².